The summed E-state index contributed by atoms with van der Waals surface area (Å²) < 4.78 is 25.6. The van der Waals surface area contributed by atoms with E-state index in [1.54, 1.807) is 13.0 Å². The van der Waals surface area contributed by atoms with Crippen LogP contribution in [0.15, 0.2) is 52.3 Å². The number of fused-ring (bicyclic) bond motifs is 1. The average molecular weight is 433 g/mol. The molecular formula is C21H24N2O4S2. The summed E-state index contributed by atoms with van der Waals surface area (Å²) in [5.41, 5.74) is 2.60. The van der Waals surface area contributed by atoms with Crippen LogP contribution in [0.25, 0.3) is 0 Å². The van der Waals surface area contributed by atoms with Crippen LogP contribution in [0.1, 0.15) is 24.5 Å². The van der Waals surface area contributed by atoms with Crippen LogP contribution in [-0.4, -0.2) is 31.7 Å². The molecule has 29 heavy (non-hydrogen) atoms. The number of hydrogen-bond donors (Lipinski definition) is 2. The number of amides is 2. The van der Waals surface area contributed by atoms with Crippen LogP contribution < -0.4 is 10.6 Å². The molecule has 2 aromatic carbocycles. The molecule has 0 bridgehead atoms. The molecule has 1 unspecified atom stereocenters. The van der Waals surface area contributed by atoms with E-state index in [-0.39, 0.29) is 22.5 Å². The van der Waals surface area contributed by atoms with Gasteiger partial charge in [-0.25, -0.2) is 8.42 Å². The van der Waals surface area contributed by atoms with Gasteiger partial charge in [-0.15, -0.1) is 11.8 Å². The summed E-state index contributed by atoms with van der Waals surface area (Å²) in [5.74, 6) is -0.786. The number of hydrogen-bond acceptors (Lipinski definition) is 5. The Hall–Kier alpha value is -2.32. The third-order valence-corrected chi connectivity index (χ3v) is 7.66. The Morgan fingerprint density at radius 3 is 2.66 bits per heavy atom. The zero-order chi connectivity index (χ0) is 21.0. The first kappa shape index (κ1) is 21.4. The number of rotatable bonds is 6. The highest BCUT2D eigenvalue weighted by Crippen LogP contribution is 2.33. The van der Waals surface area contributed by atoms with Gasteiger partial charge in [-0.1, -0.05) is 36.8 Å². The summed E-state index contributed by atoms with van der Waals surface area (Å²) in [6.07, 6.45) is 0.389. The number of sulfone groups is 1. The largest absolute Gasteiger partial charge is 0.352 e. The number of carbonyl (C=O) groups is 2. The van der Waals surface area contributed by atoms with Crippen LogP contribution >= 0.6 is 11.8 Å². The molecule has 6 nitrogen and oxygen atoms in total. The van der Waals surface area contributed by atoms with Crippen LogP contribution in [0, 0.1) is 12.8 Å². The number of nitrogens with one attached hydrogen (secondary N) is 2. The van der Waals surface area contributed by atoms with Crippen molar-refractivity contribution in [1.29, 1.82) is 0 Å². The SMILES string of the molecule is Cc1ccc(CNC(=O)C(C)CS(=O)(=O)c2ccc3c(c2)NC(=O)CCS3)cc1. The topological polar surface area (TPSA) is 92.3 Å². The van der Waals surface area contributed by atoms with Gasteiger partial charge in [-0.3, -0.25) is 9.59 Å². The molecule has 1 aliphatic rings. The van der Waals surface area contributed by atoms with Crippen molar-refractivity contribution >= 4 is 39.1 Å². The second-order valence-electron chi connectivity index (χ2n) is 7.19. The normalized spacial score (nSPS) is 15.0. The molecule has 0 aromatic heterocycles. The second-order valence-corrected chi connectivity index (χ2v) is 10.4. The van der Waals surface area contributed by atoms with Crippen LogP contribution in [-0.2, 0) is 26.0 Å². The molecule has 154 valence electrons. The van der Waals surface area contributed by atoms with Gasteiger partial charge in [0.25, 0.3) is 0 Å². The lowest BCUT2D eigenvalue weighted by Gasteiger charge is -2.14. The smallest absolute Gasteiger partial charge is 0.225 e. The monoisotopic (exact) mass is 432 g/mol. The fourth-order valence-electron chi connectivity index (χ4n) is 2.96. The highest BCUT2D eigenvalue weighted by atomic mass is 32.2. The van der Waals surface area contributed by atoms with Gasteiger partial charge in [0.1, 0.15) is 0 Å². The van der Waals surface area contributed by atoms with Gasteiger partial charge in [-0.2, -0.15) is 0 Å². The van der Waals surface area contributed by atoms with Gasteiger partial charge in [-0.05, 0) is 30.7 Å². The molecule has 0 spiro atoms. The van der Waals surface area contributed by atoms with Gasteiger partial charge in [0.05, 0.1) is 16.3 Å². The zero-order valence-electron chi connectivity index (χ0n) is 16.4. The maximum absolute atomic E-state index is 12.8. The fourth-order valence-corrected chi connectivity index (χ4v) is 5.47. The molecule has 3 rings (SSSR count). The van der Waals surface area contributed by atoms with E-state index >= 15 is 0 Å². The first-order chi connectivity index (χ1) is 13.7. The Kier molecular flexibility index (Phi) is 6.64. The van der Waals surface area contributed by atoms with Crippen molar-refractivity contribution in [3.63, 3.8) is 0 Å². The predicted octanol–water partition coefficient (Wildman–Crippen LogP) is 3.16. The Labute approximate surface area is 175 Å². The van der Waals surface area contributed by atoms with Crippen LogP contribution in [0.5, 0.6) is 0 Å². The molecule has 2 amide bonds. The van der Waals surface area contributed by atoms with Crippen molar-refractivity contribution in [2.45, 2.75) is 36.6 Å². The zero-order valence-corrected chi connectivity index (χ0v) is 18.0. The predicted molar refractivity (Wildman–Crippen MR) is 115 cm³/mol. The van der Waals surface area contributed by atoms with Gasteiger partial charge in [0.15, 0.2) is 9.84 Å². The maximum Gasteiger partial charge on any atom is 0.225 e. The number of aryl methyl sites for hydroxylation is 1. The van der Waals surface area contributed by atoms with Crippen molar-refractivity contribution in [3.8, 4) is 0 Å². The Bertz CT molecular complexity index is 1020. The summed E-state index contributed by atoms with van der Waals surface area (Å²) >= 11 is 1.51. The molecule has 0 radical (unpaired) electrons. The first-order valence-corrected chi connectivity index (χ1v) is 12.0. The summed E-state index contributed by atoms with van der Waals surface area (Å²) in [5, 5.41) is 5.54. The van der Waals surface area contributed by atoms with Crippen molar-refractivity contribution in [1.82, 2.24) is 5.32 Å². The molecule has 2 aromatic rings. The minimum absolute atomic E-state index is 0.109. The van der Waals surface area contributed by atoms with E-state index in [0.29, 0.717) is 24.4 Å². The lowest BCUT2D eigenvalue weighted by molar-refractivity contribution is -0.124. The third kappa shape index (κ3) is 5.61. The molecule has 0 aliphatic carbocycles. The number of thioether (sulfide) groups is 1. The molecule has 8 heteroatoms. The molecule has 1 atom stereocenters. The van der Waals surface area contributed by atoms with E-state index in [9.17, 15) is 18.0 Å². The highest BCUT2D eigenvalue weighted by Gasteiger charge is 2.25. The lowest BCUT2D eigenvalue weighted by atomic mass is 10.1. The van der Waals surface area contributed by atoms with Gasteiger partial charge < -0.3 is 10.6 Å². The number of benzene rings is 2. The second kappa shape index (κ2) is 9.00. The lowest BCUT2D eigenvalue weighted by Crippen LogP contribution is -2.32. The van der Waals surface area contributed by atoms with Crippen LogP contribution in [0.4, 0.5) is 5.69 Å². The summed E-state index contributed by atoms with van der Waals surface area (Å²) in [7, 11) is -3.68. The minimum Gasteiger partial charge on any atom is -0.352 e. The van der Waals surface area contributed by atoms with Crippen LogP contribution in [0.2, 0.25) is 0 Å². The van der Waals surface area contributed by atoms with Crippen molar-refractivity contribution in [2.75, 3.05) is 16.8 Å². The van der Waals surface area contributed by atoms with Crippen molar-refractivity contribution < 1.29 is 18.0 Å². The Balaban J connectivity index is 1.65. The third-order valence-electron chi connectivity index (χ3n) is 4.68. The molecule has 0 saturated carbocycles. The van der Waals surface area contributed by atoms with Crippen LogP contribution in [0.3, 0.4) is 0 Å². The molecule has 1 aliphatic heterocycles. The average Bonchev–Trinajstić information content (AvgIpc) is 2.86. The molecular weight excluding hydrogens is 408 g/mol. The van der Waals surface area contributed by atoms with E-state index in [2.05, 4.69) is 10.6 Å². The van der Waals surface area contributed by atoms with E-state index < -0.39 is 15.8 Å². The first-order valence-electron chi connectivity index (χ1n) is 9.37. The maximum atomic E-state index is 12.8. The van der Waals surface area contributed by atoms with Crippen molar-refractivity contribution in [3.05, 3.63) is 53.6 Å². The summed E-state index contributed by atoms with van der Waals surface area (Å²) in [6, 6.07) is 12.5. The molecule has 0 fully saturated rings. The van der Waals surface area contributed by atoms with Gasteiger partial charge in [0, 0.05) is 29.5 Å². The molecule has 1 heterocycles. The van der Waals surface area contributed by atoms with E-state index in [4.69, 9.17) is 0 Å². The fraction of sp³-hybridized carbons (Fsp3) is 0.333. The van der Waals surface area contributed by atoms with E-state index in [1.807, 2.05) is 31.2 Å². The Morgan fingerprint density at radius 2 is 1.93 bits per heavy atom. The number of carbonyl (C=O) groups excluding carboxylic acids is 2. The van der Waals surface area contributed by atoms with Gasteiger partial charge in [0.2, 0.25) is 11.8 Å². The van der Waals surface area contributed by atoms with Gasteiger partial charge >= 0.3 is 0 Å². The Morgan fingerprint density at radius 1 is 1.21 bits per heavy atom. The standard InChI is InChI=1S/C21H24N2O4S2/c1-14-3-5-16(6-4-14)12-22-21(25)15(2)13-29(26,27)17-7-8-19-18(11-17)23-20(24)9-10-28-19/h3-8,11,15H,9-10,12-13H2,1-2H3,(H,22,25)(H,23,24). The highest BCUT2D eigenvalue weighted by molar-refractivity contribution is 7.99. The number of anilines is 1. The molecule has 0 saturated heterocycles. The van der Waals surface area contributed by atoms with E-state index in [0.717, 1.165) is 16.0 Å². The summed E-state index contributed by atoms with van der Waals surface area (Å²) in [6.45, 7) is 3.94. The molecule has 2 N–H and O–H groups in total. The van der Waals surface area contributed by atoms with E-state index in [1.165, 1.54) is 23.9 Å². The minimum atomic E-state index is -3.68. The van der Waals surface area contributed by atoms with Crippen molar-refractivity contribution in [2.24, 2.45) is 5.92 Å². The summed E-state index contributed by atoms with van der Waals surface area (Å²) in [4.78, 5) is 25.1. The quantitative estimate of drug-likeness (QED) is 0.732.